The first-order valence-electron chi connectivity index (χ1n) is 8.32. The highest BCUT2D eigenvalue weighted by molar-refractivity contribution is 5.79. The lowest BCUT2D eigenvalue weighted by Gasteiger charge is -2.14. The maximum absolute atomic E-state index is 5.44. The standard InChI is InChI=1S/C18H31N3O2/c1-5-19-18(20-9-10-23-12-11-22-4)21-14-16(3)17-8-6-7-15(2)13-17/h6-8,13,16H,5,9-12,14H2,1-4H3,(H2,19,20,21). The zero-order valence-electron chi connectivity index (χ0n) is 14.9. The molecule has 0 saturated heterocycles. The molecule has 1 aromatic rings. The fourth-order valence-corrected chi connectivity index (χ4v) is 2.14. The van der Waals surface area contributed by atoms with Crippen molar-refractivity contribution in [3.8, 4) is 0 Å². The number of hydrogen-bond donors (Lipinski definition) is 2. The molecule has 130 valence electrons. The summed E-state index contributed by atoms with van der Waals surface area (Å²) in [5.74, 6) is 1.23. The Bertz CT molecular complexity index is 463. The van der Waals surface area contributed by atoms with E-state index in [1.165, 1.54) is 11.1 Å². The van der Waals surface area contributed by atoms with Gasteiger partial charge in [0, 0.05) is 32.7 Å². The van der Waals surface area contributed by atoms with E-state index in [0.29, 0.717) is 25.7 Å². The molecule has 0 bridgehead atoms. The summed E-state index contributed by atoms with van der Waals surface area (Å²) < 4.78 is 10.4. The van der Waals surface area contributed by atoms with Crippen molar-refractivity contribution in [1.29, 1.82) is 0 Å². The predicted molar refractivity (Wildman–Crippen MR) is 96.3 cm³/mol. The molecule has 0 aromatic heterocycles. The van der Waals surface area contributed by atoms with Crippen LogP contribution in [-0.4, -0.2) is 52.5 Å². The summed E-state index contributed by atoms with van der Waals surface area (Å²) in [6.45, 7) is 10.6. The van der Waals surface area contributed by atoms with E-state index in [0.717, 1.165) is 25.6 Å². The number of nitrogens with one attached hydrogen (secondary N) is 2. The molecule has 1 rings (SSSR count). The van der Waals surface area contributed by atoms with Gasteiger partial charge in [-0.05, 0) is 19.4 Å². The molecule has 0 amide bonds. The Morgan fingerprint density at radius 3 is 2.74 bits per heavy atom. The number of guanidine groups is 1. The van der Waals surface area contributed by atoms with Crippen molar-refractivity contribution >= 4 is 5.96 Å². The lowest BCUT2D eigenvalue weighted by molar-refractivity contribution is 0.0733. The van der Waals surface area contributed by atoms with Crippen molar-refractivity contribution in [3.63, 3.8) is 0 Å². The molecule has 0 aliphatic rings. The Labute approximate surface area is 140 Å². The minimum absolute atomic E-state index is 0.392. The lowest BCUT2D eigenvalue weighted by Crippen LogP contribution is -2.39. The molecular formula is C18H31N3O2. The van der Waals surface area contributed by atoms with Gasteiger partial charge in [-0.25, -0.2) is 0 Å². The topological polar surface area (TPSA) is 54.9 Å². The van der Waals surface area contributed by atoms with Crippen LogP contribution in [0.2, 0.25) is 0 Å². The van der Waals surface area contributed by atoms with Gasteiger partial charge in [-0.2, -0.15) is 0 Å². The van der Waals surface area contributed by atoms with Gasteiger partial charge < -0.3 is 20.1 Å². The van der Waals surface area contributed by atoms with Gasteiger partial charge in [0.2, 0.25) is 0 Å². The van der Waals surface area contributed by atoms with Crippen LogP contribution in [-0.2, 0) is 9.47 Å². The van der Waals surface area contributed by atoms with E-state index in [9.17, 15) is 0 Å². The SMILES string of the molecule is CCNC(=NCC(C)c1cccc(C)c1)NCCOCCOC. The Kier molecular flexibility index (Phi) is 10.1. The van der Waals surface area contributed by atoms with Gasteiger partial charge in [-0.15, -0.1) is 0 Å². The van der Waals surface area contributed by atoms with Crippen molar-refractivity contribution in [2.45, 2.75) is 26.7 Å². The fraction of sp³-hybridized carbons (Fsp3) is 0.611. The number of rotatable bonds is 10. The van der Waals surface area contributed by atoms with Crippen LogP contribution in [0.25, 0.3) is 0 Å². The van der Waals surface area contributed by atoms with Crippen molar-refractivity contribution in [1.82, 2.24) is 10.6 Å². The number of methoxy groups -OCH3 is 1. The molecule has 0 aliphatic carbocycles. The van der Waals surface area contributed by atoms with Crippen LogP contribution in [0.1, 0.15) is 30.9 Å². The molecule has 0 radical (unpaired) electrons. The molecule has 2 N–H and O–H groups in total. The molecule has 0 heterocycles. The predicted octanol–water partition coefficient (Wildman–Crippen LogP) is 2.32. The number of hydrogen-bond acceptors (Lipinski definition) is 3. The first-order valence-corrected chi connectivity index (χ1v) is 8.32. The third-order valence-electron chi connectivity index (χ3n) is 3.45. The van der Waals surface area contributed by atoms with Gasteiger partial charge in [0.1, 0.15) is 0 Å². The highest BCUT2D eigenvalue weighted by Gasteiger charge is 2.05. The molecule has 1 unspecified atom stereocenters. The van der Waals surface area contributed by atoms with Crippen LogP contribution in [0, 0.1) is 6.92 Å². The van der Waals surface area contributed by atoms with Gasteiger partial charge in [0.05, 0.1) is 19.8 Å². The maximum Gasteiger partial charge on any atom is 0.191 e. The minimum Gasteiger partial charge on any atom is -0.382 e. The lowest BCUT2D eigenvalue weighted by atomic mass is 10.00. The molecule has 0 spiro atoms. The first-order chi connectivity index (χ1) is 11.2. The van der Waals surface area contributed by atoms with Crippen LogP contribution >= 0.6 is 0 Å². The van der Waals surface area contributed by atoms with Gasteiger partial charge in [-0.1, -0.05) is 36.8 Å². The normalized spacial score (nSPS) is 13.0. The van der Waals surface area contributed by atoms with E-state index in [1.54, 1.807) is 7.11 Å². The Balaban J connectivity index is 2.41. The Hall–Kier alpha value is -1.59. The van der Waals surface area contributed by atoms with E-state index in [2.05, 4.69) is 60.7 Å². The molecule has 1 atom stereocenters. The number of ether oxygens (including phenoxy) is 2. The summed E-state index contributed by atoms with van der Waals surface area (Å²) in [6.07, 6.45) is 0. The highest BCUT2D eigenvalue weighted by Crippen LogP contribution is 2.16. The van der Waals surface area contributed by atoms with E-state index in [-0.39, 0.29) is 0 Å². The third-order valence-corrected chi connectivity index (χ3v) is 3.45. The average Bonchev–Trinajstić information content (AvgIpc) is 2.55. The zero-order chi connectivity index (χ0) is 16.9. The van der Waals surface area contributed by atoms with E-state index < -0.39 is 0 Å². The summed E-state index contributed by atoms with van der Waals surface area (Å²) in [5.41, 5.74) is 2.61. The Morgan fingerprint density at radius 2 is 2.04 bits per heavy atom. The molecule has 5 heteroatoms. The van der Waals surface area contributed by atoms with Crippen LogP contribution in [0.4, 0.5) is 0 Å². The average molecular weight is 321 g/mol. The molecular weight excluding hydrogens is 290 g/mol. The summed E-state index contributed by atoms with van der Waals surface area (Å²) >= 11 is 0. The monoisotopic (exact) mass is 321 g/mol. The highest BCUT2D eigenvalue weighted by atomic mass is 16.5. The van der Waals surface area contributed by atoms with Gasteiger partial charge in [0.15, 0.2) is 5.96 Å². The second-order valence-corrected chi connectivity index (χ2v) is 5.57. The van der Waals surface area contributed by atoms with Crippen molar-refractivity contribution in [2.75, 3.05) is 46.6 Å². The van der Waals surface area contributed by atoms with Crippen molar-refractivity contribution in [2.24, 2.45) is 4.99 Å². The molecule has 5 nitrogen and oxygen atoms in total. The van der Waals surface area contributed by atoms with Crippen LogP contribution < -0.4 is 10.6 Å². The summed E-state index contributed by atoms with van der Waals surface area (Å²) in [5, 5.41) is 6.55. The summed E-state index contributed by atoms with van der Waals surface area (Å²) in [6, 6.07) is 8.61. The largest absolute Gasteiger partial charge is 0.382 e. The Morgan fingerprint density at radius 1 is 1.22 bits per heavy atom. The molecule has 0 aliphatic heterocycles. The minimum atomic E-state index is 0.392. The van der Waals surface area contributed by atoms with Gasteiger partial charge in [-0.3, -0.25) is 4.99 Å². The molecule has 23 heavy (non-hydrogen) atoms. The maximum atomic E-state index is 5.44. The van der Waals surface area contributed by atoms with E-state index in [1.807, 2.05) is 0 Å². The third kappa shape index (κ3) is 8.57. The number of benzene rings is 1. The summed E-state index contributed by atoms with van der Waals surface area (Å²) in [7, 11) is 1.67. The quantitative estimate of drug-likeness (QED) is 0.394. The van der Waals surface area contributed by atoms with Crippen molar-refractivity contribution in [3.05, 3.63) is 35.4 Å². The van der Waals surface area contributed by atoms with E-state index in [4.69, 9.17) is 9.47 Å². The summed E-state index contributed by atoms with van der Waals surface area (Å²) in [4.78, 5) is 4.67. The van der Waals surface area contributed by atoms with Crippen LogP contribution in [0.3, 0.4) is 0 Å². The van der Waals surface area contributed by atoms with Crippen LogP contribution in [0.5, 0.6) is 0 Å². The van der Waals surface area contributed by atoms with E-state index >= 15 is 0 Å². The second kappa shape index (κ2) is 11.9. The van der Waals surface area contributed by atoms with Crippen molar-refractivity contribution < 1.29 is 9.47 Å². The fourth-order valence-electron chi connectivity index (χ4n) is 2.14. The molecule has 0 fully saturated rings. The van der Waals surface area contributed by atoms with Crippen LogP contribution in [0.15, 0.2) is 29.3 Å². The molecule has 0 saturated carbocycles. The first kappa shape index (κ1) is 19.5. The molecule has 1 aromatic carbocycles. The number of aliphatic imine (C=N–C) groups is 1. The zero-order valence-corrected chi connectivity index (χ0v) is 14.9. The second-order valence-electron chi connectivity index (χ2n) is 5.57. The number of nitrogens with zero attached hydrogens (tertiary/aromatic N) is 1. The number of aryl methyl sites for hydroxylation is 1. The van der Waals surface area contributed by atoms with Gasteiger partial charge >= 0.3 is 0 Å². The smallest absolute Gasteiger partial charge is 0.191 e. The van der Waals surface area contributed by atoms with Gasteiger partial charge in [0.25, 0.3) is 0 Å².